The summed E-state index contributed by atoms with van der Waals surface area (Å²) in [6.45, 7) is 4.30. The molecule has 0 aromatic heterocycles. The number of hydrogen-bond acceptors (Lipinski definition) is 4. The molecule has 3 aromatic carbocycles. The predicted octanol–water partition coefficient (Wildman–Crippen LogP) is 5.63. The summed E-state index contributed by atoms with van der Waals surface area (Å²) in [7, 11) is 1.69. The second-order valence-corrected chi connectivity index (χ2v) is 8.93. The molecule has 6 heteroatoms. The normalized spacial score (nSPS) is 17.7. The fourth-order valence-corrected chi connectivity index (χ4v) is 5.41. The van der Waals surface area contributed by atoms with Crippen molar-refractivity contribution in [1.82, 2.24) is 4.90 Å². The van der Waals surface area contributed by atoms with E-state index < -0.39 is 0 Å². The number of benzene rings is 3. The highest BCUT2D eigenvalue weighted by atomic mass is 32.2. The van der Waals surface area contributed by atoms with Gasteiger partial charge in [0.25, 0.3) is 0 Å². The van der Waals surface area contributed by atoms with E-state index in [0.29, 0.717) is 13.1 Å². The Bertz CT molecular complexity index is 1070. The molecule has 5 rings (SSSR count). The van der Waals surface area contributed by atoms with Crippen LogP contribution in [0.15, 0.2) is 82.6 Å². The van der Waals surface area contributed by atoms with Crippen molar-refractivity contribution >= 4 is 34.9 Å². The zero-order valence-corrected chi connectivity index (χ0v) is 18.5. The van der Waals surface area contributed by atoms with Crippen LogP contribution in [0, 0.1) is 0 Å². The topological polar surface area (TPSA) is 36.0 Å². The molecule has 0 aliphatic carbocycles. The predicted molar refractivity (Wildman–Crippen MR) is 126 cm³/mol. The zero-order chi connectivity index (χ0) is 21.4. The minimum absolute atomic E-state index is 0.0392. The number of rotatable bonds is 2. The van der Waals surface area contributed by atoms with Crippen LogP contribution >= 0.6 is 11.8 Å². The number of methoxy groups -OCH3 is 1. The first-order valence-electron chi connectivity index (χ1n) is 10.5. The van der Waals surface area contributed by atoms with Gasteiger partial charge in [0, 0.05) is 47.2 Å². The number of ether oxygens (including phenoxy) is 1. The number of piperazine rings is 1. The molecule has 3 aromatic rings. The molecule has 1 fully saturated rings. The Labute approximate surface area is 187 Å². The smallest absolute Gasteiger partial charge is 0.329 e. The van der Waals surface area contributed by atoms with E-state index in [1.165, 1.54) is 0 Å². The summed E-state index contributed by atoms with van der Waals surface area (Å²) in [4.78, 5) is 22.2. The van der Waals surface area contributed by atoms with Gasteiger partial charge in [-0.3, -0.25) is 4.90 Å². The molecule has 0 radical (unpaired) electrons. The number of carbonyl (C=O) groups is 1. The first-order valence-corrected chi connectivity index (χ1v) is 11.3. The van der Waals surface area contributed by atoms with E-state index in [-0.39, 0.29) is 12.1 Å². The van der Waals surface area contributed by atoms with E-state index in [1.807, 2.05) is 58.3 Å². The van der Waals surface area contributed by atoms with Gasteiger partial charge >= 0.3 is 6.03 Å². The third-order valence-corrected chi connectivity index (χ3v) is 7.04. The van der Waals surface area contributed by atoms with Gasteiger partial charge in [0.1, 0.15) is 5.75 Å². The highest BCUT2D eigenvalue weighted by molar-refractivity contribution is 7.99. The molecule has 2 heterocycles. The average Bonchev–Trinajstić information content (AvgIpc) is 2.82. The first-order chi connectivity index (χ1) is 15.2. The van der Waals surface area contributed by atoms with Crippen LogP contribution in [0.4, 0.5) is 21.9 Å². The standard InChI is InChI=1S/C25H25N3O2S/c1-18-17-26(14-15-27(18)19-8-7-9-20(16-19)30-2)25(29)28-21-10-3-5-12-23(21)31-24-13-6-4-11-22(24)28/h3-13,16,18H,14-15,17H2,1-2H3/t18-/m1/s1. The SMILES string of the molecule is COc1cccc(N2CCN(C(=O)N3c4ccccc4Sc4ccccc43)C[C@H]2C)c1. The van der Waals surface area contributed by atoms with Crippen LogP contribution in [-0.2, 0) is 0 Å². The van der Waals surface area contributed by atoms with Crippen molar-refractivity contribution in [2.24, 2.45) is 0 Å². The van der Waals surface area contributed by atoms with Gasteiger partial charge in [0.15, 0.2) is 0 Å². The van der Waals surface area contributed by atoms with Gasteiger partial charge in [0.05, 0.1) is 18.5 Å². The molecule has 1 saturated heterocycles. The van der Waals surface area contributed by atoms with Crippen LogP contribution < -0.4 is 14.5 Å². The first kappa shape index (κ1) is 19.8. The maximum absolute atomic E-state index is 13.8. The summed E-state index contributed by atoms with van der Waals surface area (Å²) >= 11 is 1.72. The number of urea groups is 1. The van der Waals surface area contributed by atoms with Crippen molar-refractivity contribution in [2.45, 2.75) is 22.8 Å². The molecule has 2 aliphatic heterocycles. The largest absolute Gasteiger partial charge is 0.497 e. The summed E-state index contributed by atoms with van der Waals surface area (Å²) < 4.78 is 5.39. The molecule has 0 unspecified atom stereocenters. The van der Waals surface area contributed by atoms with E-state index in [4.69, 9.17) is 4.74 Å². The van der Waals surface area contributed by atoms with E-state index in [2.05, 4.69) is 36.1 Å². The molecular formula is C25H25N3O2S. The maximum atomic E-state index is 13.8. The molecule has 1 atom stereocenters. The van der Waals surface area contributed by atoms with Crippen LogP contribution in [0.25, 0.3) is 0 Å². The number of nitrogens with zero attached hydrogens (tertiary/aromatic N) is 3. The fraction of sp³-hybridized carbons (Fsp3) is 0.240. The Morgan fingerprint density at radius 1 is 0.935 bits per heavy atom. The van der Waals surface area contributed by atoms with Crippen molar-refractivity contribution < 1.29 is 9.53 Å². The second kappa shape index (κ2) is 8.19. The van der Waals surface area contributed by atoms with Crippen LogP contribution in [0.2, 0.25) is 0 Å². The van der Waals surface area contributed by atoms with Crippen molar-refractivity contribution in [3.05, 3.63) is 72.8 Å². The molecule has 0 N–H and O–H groups in total. The molecule has 158 valence electrons. The Kier molecular flexibility index (Phi) is 5.24. The molecule has 0 saturated carbocycles. The lowest BCUT2D eigenvalue weighted by atomic mass is 10.1. The maximum Gasteiger partial charge on any atom is 0.329 e. The Morgan fingerprint density at radius 2 is 1.61 bits per heavy atom. The van der Waals surface area contributed by atoms with Crippen molar-refractivity contribution in [2.75, 3.05) is 36.5 Å². The third kappa shape index (κ3) is 3.61. The zero-order valence-electron chi connectivity index (χ0n) is 17.7. The second-order valence-electron chi connectivity index (χ2n) is 7.85. The van der Waals surface area contributed by atoms with E-state index in [1.54, 1.807) is 18.9 Å². The lowest BCUT2D eigenvalue weighted by Gasteiger charge is -2.43. The van der Waals surface area contributed by atoms with Gasteiger partial charge in [-0.25, -0.2) is 4.79 Å². The minimum atomic E-state index is 0.0392. The van der Waals surface area contributed by atoms with Crippen LogP contribution in [0.1, 0.15) is 6.92 Å². The summed E-state index contributed by atoms with van der Waals surface area (Å²) in [5.41, 5.74) is 3.04. The highest BCUT2D eigenvalue weighted by Crippen LogP contribution is 2.48. The van der Waals surface area contributed by atoms with Gasteiger partial charge < -0.3 is 14.5 Å². The minimum Gasteiger partial charge on any atom is -0.497 e. The Balaban J connectivity index is 1.41. The van der Waals surface area contributed by atoms with E-state index in [9.17, 15) is 4.79 Å². The van der Waals surface area contributed by atoms with Gasteiger partial charge in [-0.2, -0.15) is 0 Å². The highest BCUT2D eigenvalue weighted by Gasteiger charge is 2.34. The fourth-order valence-electron chi connectivity index (χ4n) is 4.36. The number of amides is 2. The van der Waals surface area contributed by atoms with Crippen molar-refractivity contribution in [1.29, 1.82) is 0 Å². The lowest BCUT2D eigenvalue weighted by Crippen LogP contribution is -2.56. The Morgan fingerprint density at radius 3 is 2.26 bits per heavy atom. The molecular weight excluding hydrogens is 406 g/mol. The van der Waals surface area contributed by atoms with Crippen LogP contribution in [0.3, 0.4) is 0 Å². The quantitative estimate of drug-likeness (QED) is 0.527. The van der Waals surface area contributed by atoms with Crippen molar-refractivity contribution in [3.8, 4) is 5.75 Å². The summed E-state index contributed by atoms with van der Waals surface area (Å²) in [6, 6.07) is 24.6. The van der Waals surface area contributed by atoms with Gasteiger partial charge in [0.2, 0.25) is 0 Å². The van der Waals surface area contributed by atoms with E-state index in [0.717, 1.165) is 39.1 Å². The number of carbonyl (C=O) groups excluding carboxylic acids is 1. The number of hydrogen-bond donors (Lipinski definition) is 0. The summed E-state index contributed by atoms with van der Waals surface area (Å²) in [6.07, 6.45) is 0. The monoisotopic (exact) mass is 431 g/mol. The van der Waals surface area contributed by atoms with Crippen LogP contribution in [-0.4, -0.2) is 43.7 Å². The molecule has 5 nitrogen and oxygen atoms in total. The summed E-state index contributed by atoms with van der Waals surface area (Å²) in [5, 5.41) is 0. The van der Waals surface area contributed by atoms with Gasteiger partial charge in [-0.05, 0) is 43.3 Å². The molecule has 2 amide bonds. The third-order valence-electron chi connectivity index (χ3n) is 5.91. The number of fused-ring (bicyclic) bond motifs is 2. The Hall–Kier alpha value is -3.12. The average molecular weight is 432 g/mol. The molecule has 2 aliphatic rings. The molecule has 0 spiro atoms. The van der Waals surface area contributed by atoms with E-state index >= 15 is 0 Å². The number of anilines is 3. The van der Waals surface area contributed by atoms with Crippen LogP contribution in [0.5, 0.6) is 5.75 Å². The van der Waals surface area contributed by atoms with Gasteiger partial charge in [-0.15, -0.1) is 0 Å². The van der Waals surface area contributed by atoms with Crippen molar-refractivity contribution in [3.63, 3.8) is 0 Å². The number of para-hydroxylation sites is 2. The van der Waals surface area contributed by atoms with Gasteiger partial charge in [-0.1, -0.05) is 42.1 Å². The molecule has 31 heavy (non-hydrogen) atoms. The lowest BCUT2D eigenvalue weighted by molar-refractivity contribution is 0.195. The molecule has 0 bridgehead atoms. The summed E-state index contributed by atoms with van der Waals surface area (Å²) in [5.74, 6) is 0.849.